The monoisotopic (exact) mass is 281 g/mol. The molecule has 0 radical (unpaired) electrons. The highest BCUT2D eigenvalue weighted by Crippen LogP contribution is 2.12. The number of rotatable bonds is 6. The molecule has 0 heterocycles. The van der Waals surface area contributed by atoms with Crippen molar-refractivity contribution in [1.29, 1.82) is 0 Å². The highest BCUT2D eigenvalue weighted by Gasteiger charge is 2.00. The SMILES string of the molecule is Cc1ccccc1NCC(=O)NN=CCc1ccccc1. The molecule has 1 amide bonds. The topological polar surface area (TPSA) is 53.5 Å². The highest BCUT2D eigenvalue weighted by atomic mass is 16.2. The van der Waals surface area contributed by atoms with Gasteiger partial charge in [0.15, 0.2) is 0 Å². The Morgan fingerprint density at radius 1 is 1.10 bits per heavy atom. The van der Waals surface area contributed by atoms with Crippen LogP contribution in [0.4, 0.5) is 5.69 Å². The van der Waals surface area contributed by atoms with E-state index in [0.717, 1.165) is 16.8 Å². The van der Waals surface area contributed by atoms with Crippen LogP contribution in [0.25, 0.3) is 0 Å². The molecule has 0 unspecified atom stereocenters. The first kappa shape index (κ1) is 14.8. The second-order valence-electron chi connectivity index (χ2n) is 4.70. The molecule has 0 spiro atoms. The normalized spacial score (nSPS) is 10.5. The molecule has 0 aliphatic carbocycles. The van der Waals surface area contributed by atoms with Crippen LogP contribution in [0.3, 0.4) is 0 Å². The van der Waals surface area contributed by atoms with Crippen molar-refractivity contribution in [2.45, 2.75) is 13.3 Å². The van der Waals surface area contributed by atoms with Gasteiger partial charge in [-0.05, 0) is 24.1 Å². The maximum Gasteiger partial charge on any atom is 0.259 e. The van der Waals surface area contributed by atoms with E-state index in [9.17, 15) is 4.79 Å². The highest BCUT2D eigenvalue weighted by molar-refractivity contribution is 5.81. The van der Waals surface area contributed by atoms with E-state index in [1.54, 1.807) is 6.21 Å². The van der Waals surface area contributed by atoms with Gasteiger partial charge in [-0.25, -0.2) is 5.43 Å². The van der Waals surface area contributed by atoms with Crippen molar-refractivity contribution in [3.8, 4) is 0 Å². The molecular formula is C17H19N3O. The quantitative estimate of drug-likeness (QED) is 0.632. The van der Waals surface area contributed by atoms with Gasteiger partial charge in [0.25, 0.3) is 5.91 Å². The Bertz CT molecular complexity index is 608. The number of carbonyl (C=O) groups is 1. The molecule has 0 fully saturated rings. The number of nitrogens with one attached hydrogen (secondary N) is 2. The number of hydrogen-bond donors (Lipinski definition) is 2. The fraction of sp³-hybridized carbons (Fsp3) is 0.176. The average Bonchev–Trinajstić information content (AvgIpc) is 2.52. The minimum Gasteiger partial charge on any atom is -0.376 e. The summed E-state index contributed by atoms with van der Waals surface area (Å²) in [5.74, 6) is -0.164. The summed E-state index contributed by atoms with van der Waals surface area (Å²) in [6.45, 7) is 2.20. The van der Waals surface area contributed by atoms with Gasteiger partial charge in [0.05, 0.1) is 6.54 Å². The zero-order valence-corrected chi connectivity index (χ0v) is 12.0. The lowest BCUT2D eigenvalue weighted by Crippen LogP contribution is -2.26. The van der Waals surface area contributed by atoms with Crippen LogP contribution in [-0.4, -0.2) is 18.7 Å². The lowest BCUT2D eigenvalue weighted by Gasteiger charge is -2.07. The number of anilines is 1. The molecule has 0 atom stereocenters. The van der Waals surface area contributed by atoms with Crippen molar-refractivity contribution in [3.05, 3.63) is 65.7 Å². The van der Waals surface area contributed by atoms with Gasteiger partial charge in [-0.3, -0.25) is 4.79 Å². The van der Waals surface area contributed by atoms with Crippen LogP contribution in [0.2, 0.25) is 0 Å². The third kappa shape index (κ3) is 5.10. The number of benzene rings is 2. The van der Waals surface area contributed by atoms with Gasteiger partial charge in [-0.15, -0.1) is 0 Å². The standard InChI is InChI=1S/C17H19N3O/c1-14-7-5-6-10-16(14)18-13-17(21)20-19-12-11-15-8-3-2-4-9-15/h2-10,12,18H,11,13H2,1H3,(H,20,21). The fourth-order valence-corrected chi connectivity index (χ4v) is 1.87. The summed E-state index contributed by atoms with van der Waals surface area (Å²) in [6.07, 6.45) is 2.40. The predicted molar refractivity (Wildman–Crippen MR) is 86.4 cm³/mol. The molecule has 0 saturated carbocycles. The molecule has 0 aromatic heterocycles. The smallest absolute Gasteiger partial charge is 0.259 e. The van der Waals surface area contributed by atoms with Crippen molar-refractivity contribution in [1.82, 2.24) is 5.43 Å². The Hall–Kier alpha value is -2.62. The largest absolute Gasteiger partial charge is 0.376 e. The Kier molecular flexibility index (Phi) is 5.52. The van der Waals surface area contributed by atoms with Crippen molar-refractivity contribution in [2.24, 2.45) is 5.10 Å². The van der Waals surface area contributed by atoms with Crippen LogP contribution in [0.1, 0.15) is 11.1 Å². The van der Waals surface area contributed by atoms with Crippen molar-refractivity contribution in [2.75, 3.05) is 11.9 Å². The number of aryl methyl sites for hydroxylation is 1. The van der Waals surface area contributed by atoms with Gasteiger partial charge in [-0.1, -0.05) is 48.5 Å². The van der Waals surface area contributed by atoms with Crippen molar-refractivity contribution in [3.63, 3.8) is 0 Å². The van der Waals surface area contributed by atoms with Crippen molar-refractivity contribution >= 4 is 17.8 Å². The Morgan fingerprint density at radius 3 is 2.57 bits per heavy atom. The molecule has 108 valence electrons. The van der Waals surface area contributed by atoms with E-state index >= 15 is 0 Å². The van der Waals surface area contributed by atoms with Crippen LogP contribution in [0, 0.1) is 6.92 Å². The molecule has 2 N–H and O–H groups in total. The number of hydrogen-bond acceptors (Lipinski definition) is 3. The van der Waals surface area contributed by atoms with Gasteiger partial charge in [0, 0.05) is 18.3 Å². The third-order valence-electron chi connectivity index (χ3n) is 3.03. The van der Waals surface area contributed by atoms with Gasteiger partial charge in [-0.2, -0.15) is 5.10 Å². The zero-order chi connectivity index (χ0) is 14.9. The first-order valence-corrected chi connectivity index (χ1v) is 6.89. The summed E-state index contributed by atoms with van der Waals surface area (Å²) in [5, 5.41) is 7.02. The summed E-state index contributed by atoms with van der Waals surface area (Å²) >= 11 is 0. The Morgan fingerprint density at radius 2 is 1.81 bits per heavy atom. The van der Waals surface area contributed by atoms with Gasteiger partial charge in [0.2, 0.25) is 0 Å². The molecule has 2 rings (SSSR count). The van der Waals surface area contributed by atoms with E-state index in [0.29, 0.717) is 6.42 Å². The van der Waals surface area contributed by atoms with Gasteiger partial charge in [0.1, 0.15) is 0 Å². The van der Waals surface area contributed by atoms with E-state index in [1.807, 2.05) is 61.5 Å². The number of amides is 1. The van der Waals surface area contributed by atoms with Crippen LogP contribution in [0.5, 0.6) is 0 Å². The molecule has 0 aliphatic rings. The maximum atomic E-state index is 11.7. The molecule has 21 heavy (non-hydrogen) atoms. The summed E-state index contributed by atoms with van der Waals surface area (Å²) in [7, 11) is 0. The van der Waals surface area contributed by atoms with E-state index in [1.165, 1.54) is 0 Å². The maximum absolute atomic E-state index is 11.7. The molecule has 4 heteroatoms. The van der Waals surface area contributed by atoms with Gasteiger partial charge < -0.3 is 5.32 Å². The van der Waals surface area contributed by atoms with E-state index in [4.69, 9.17) is 0 Å². The molecule has 0 bridgehead atoms. The van der Waals surface area contributed by atoms with Crippen LogP contribution in [-0.2, 0) is 11.2 Å². The minimum atomic E-state index is -0.164. The molecule has 0 saturated heterocycles. The number of para-hydroxylation sites is 1. The molecule has 0 aliphatic heterocycles. The molecule has 2 aromatic rings. The third-order valence-corrected chi connectivity index (χ3v) is 3.03. The second kappa shape index (κ2) is 7.85. The molecule has 4 nitrogen and oxygen atoms in total. The lowest BCUT2D eigenvalue weighted by molar-refractivity contribution is -0.119. The summed E-state index contributed by atoms with van der Waals surface area (Å²) in [4.78, 5) is 11.7. The second-order valence-corrected chi connectivity index (χ2v) is 4.70. The summed E-state index contributed by atoms with van der Waals surface area (Å²) < 4.78 is 0. The number of nitrogens with zero attached hydrogens (tertiary/aromatic N) is 1. The minimum absolute atomic E-state index is 0.164. The number of carbonyl (C=O) groups excluding carboxylic acids is 1. The van der Waals surface area contributed by atoms with Crippen LogP contribution in [0.15, 0.2) is 59.7 Å². The van der Waals surface area contributed by atoms with E-state index in [-0.39, 0.29) is 12.5 Å². The van der Waals surface area contributed by atoms with Crippen LogP contribution >= 0.6 is 0 Å². The predicted octanol–water partition coefficient (Wildman–Crippen LogP) is 2.75. The fourth-order valence-electron chi connectivity index (χ4n) is 1.87. The Labute approximate surface area is 124 Å². The molecular weight excluding hydrogens is 262 g/mol. The zero-order valence-electron chi connectivity index (χ0n) is 12.0. The van der Waals surface area contributed by atoms with Crippen LogP contribution < -0.4 is 10.7 Å². The lowest BCUT2D eigenvalue weighted by atomic mass is 10.2. The van der Waals surface area contributed by atoms with E-state index < -0.39 is 0 Å². The van der Waals surface area contributed by atoms with Gasteiger partial charge >= 0.3 is 0 Å². The van der Waals surface area contributed by atoms with E-state index in [2.05, 4.69) is 15.8 Å². The van der Waals surface area contributed by atoms with Crippen molar-refractivity contribution < 1.29 is 4.79 Å². The average molecular weight is 281 g/mol. The Balaban J connectivity index is 1.71. The first-order valence-electron chi connectivity index (χ1n) is 6.89. The number of hydrazone groups is 1. The molecule has 2 aromatic carbocycles. The first-order chi connectivity index (χ1) is 10.3. The summed E-state index contributed by atoms with van der Waals surface area (Å²) in [5.41, 5.74) is 5.74. The summed E-state index contributed by atoms with van der Waals surface area (Å²) in [6, 6.07) is 17.8.